The van der Waals surface area contributed by atoms with E-state index in [9.17, 15) is 9.59 Å². The van der Waals surface area contributed by atoms with Crippen LogP contribution in [0.25, 0.3) is 0 Å². The maximum Gasteiger partial charge on any atom is 0.238 e. The molecule has 1 amide bonds. The highest BCUT2D eigenvalue weighted by molar-refractivity contribution is 7.17. The van der Waals surface area contributed by atoms with Gasteiger partial charge >= 0.3 is 0 Å². The number of hydrogen-bond donors (Lipinski definition) is 2. The minimum Gasteiger partial charge on any atom is -0.322 e. The van der Waals surface area contributed by atoms with E-state index in [0.717, 1.165) is 31.2 Å². The van der Waals surface area contributed by atoms with Crippen molar-refractivity contribution in [3.63, 3.8) is 0 Å². The Balaban J connectivity index is 2.05. The normalized spacial score (nSPS) is 13.5. The van der Waals surface area contributed by atoms with Gasteiger partial charge in [-0.25, -0.2) is 0 Å². The molecule has 3 N–H and O–H groups in total. The van der Waals surface area contributed by atoms with Crippen LogP contribution in [0.3, 0.4) is 0 Å². The largest absolute Gasteiger partial charge is 0.322 e. The van der Waals surface area contributed by atoms with Crippen LogP contribution in [0, 0.1) is 0 Å². The molecule has 1 aliphatic carbocycles. The maximum absolute atomic E-state index is 12.9. The van der Waals surface area contributed by atoms with Crippen LogP contribution < -0.4 is 11.1 Å². The van der Waals surface area contributed by atoms with Crippen molar-refractivity contribution in [1.82, 2.24) is 0 Å². The Morgan fingerprint density at radius 1 is 1.14 bits per heavy atom. The zero-order valence-electron chi connectivity index (χ0n) is 12.2. The van der Waals surface area contributed by atoms with E-state index < -0.39 is 0 Å². The molecule has 1 aromatic carbocycles. The number of thiophene rings is 1. The smallest absolute Gasteiger partial charge is 0.238 e. The Morgan fingerprint density at radius 3 is 2.59 bits per heavy atom. The molecule has 1 aromatic heterocycles. The molecule has 4 nitrogen and oxygen atoms in total. The molecular weight excluding hydrogens is 296 g/mol. The van der Waals surface area contributed by atoms with Crippen molar-refractivity contribution in [2.24, 2.45) is 5.73 Å². The molecule has 0 unspecified atom stereocenters. The summed E-state index contributed by atoms with van der Waals surface area (Å²) in [7, 11) is 0. The van der Waals surface area contributed by atoms with Gasteiger partial charge in [-0.1, -0.05) is 30.3 Å². The Hall–Kier alpha value is -1.98. The van der Waals surface area contributed by atoms with Crippen molar-refractivity contribution in [3.05, 3.63) is 51.9 Å². The minimum absolute atomic E-state index is 0.0210. The number of anilines is 1. The maximum atomic E-state index is 12.9. The monoisotopic (exact) mass is 314 g/mol. The summed E-state index contributed by atoms with van der Waals surface area (Å²) in [6, 6.07) is 9.21. The summed E-state index contributed by atoms with van der Waals surface area (Å²) >= 11 is 1.52. The Kier molecular flexibility index (Phi) is 4.36. The second kappa shape index (κ2) is 6.42. The van der Waals surface area contributed by atoms with Crippen molar-refractivity contribution in [2.45, 2.75) is 25.7 Å². The number of carbonyl (C=O) groups is 2. The van der Waals surface area contributed by atoms with E-state index in [1.165, 1.54) is 16.2 Å². The fraction of sp³-hybridized carbons (Fsp3) is 0.294. The molecule has 0 aliphatic heterocycles. The lowest BCUT2D eigenvalue weighted by molar-refractivity contribution is -0.114. The van der Waals surface area contributed by atoms with Crippen LogP contribution in [-0.4, -0.2) is 18.2 Å². The van der Waals surface area contributed by atoms with E-state index in [2.05, 4.69) is 5.32 Å². The summed E-state index contributed by atoms with van der Waals surface area (Å²) in [6.07, 6.45) is 4.10. The van der Waals surface area contributed by atoms with Crippen LogP contribution in [0.1, 0.15) is 39.2 Å². The molecule has 1 heterocycles. The average Bonchev–Trinajstić information content (AvgIpc) is 2.92. The van der Waals surface area contributed by atoms with Gasteiger partial charge in [-0.3, -0.25) is 9.59 Å². The molecule has 5 heteroatoms. The van der Waals surface area contributed by atoms with Crippen LogP contribution in [0.2, 0.25) is 0 Å². The average molecular weight is 314 g/mol. The van der Waals surface area contributed by atoms with E-state index in [1.54, 1.807) is 0 Å². The number of fused-ring (bicyclic) bond motifs is 1. The fourth-order valence-corrected chi connectivity index (χ4v) is 4.11. The zero-order chi connectivity index (χ0) is 15.5. The van der Waals surface area contributed by atoms with Gasteiger partial charge in [0.2, 0.25) is 5.91 Å². The molecule has 0 atom stereocenters. The molecule has 0 saturated heterocycles. The third-order valence-electron chi connectivity index (χ3n) is 3.87. The predicted molar refractivity (Wildman–Crippen MR) is 88.5 cm³/mol. The molecule has 22 heavy (non-hydrogen) atoms. The highest BCUT2D eigenvalue weighted by Gasteiger charge is 2.26. The molecule has 0 radical (unpaired) electrons. The lowest BCUT2D eigenvalue weighted by Crippen LogP contribution is -2.22. The second-order valence-electron chi connectivity index (χ2n) is 5.36. The van der Waals surface area contributed by atoms with Crippen LogP contribution in [0.5, 0.6) is 0 Å². The highest BCUT2D eigenvalue weighted by Crippen LogP contribution is 2.39. The zero-order valence-corrected chi connectivity index (χ0v) is 13.0. The molecule has 0 saturated carbocycles. The van der Waals surface area contributed by atoms with Gasteiger partial charge in [-0.15, -0.1) is 11.3 Å². The van der Waals surface area contributed by atoms with E-state index in [0.29, 0.717) is 16.1 Å². The first-order valence-corrected chi connectivity index (χ1v) is 8.26. The van der Waals surface area contributed by atoms with E-state index >= 15 is 0 Å². The number of carbonyl (C=O) groups excluding carboxylic acids is 2. The summed E-state index contributed by atoms with van der Waals surface area (Å²) in [4.78, 5) is 25.8. The number of rotatable bonds is 4. The van der Waals surface area contributed by atoms with Gasteiger partial charge in [0.05, 0.1) is 12.1 Å². The number of nitrogens with one attached hydrogen (secondary N) is 1. The van der Waals surface area contributed by atoms with Crippen molar-refractivity contribution in [3.8, 4) is 0 Å². The Bertz CT molecular complexity index is 707. The third-order valence-corrected chi connectivity index (χ3v) is 5.08. The molecule has 2 aromatic rings. The number of ketones is 1. The summed E-state index contributed by atoms with van der Waals surface area (Å²) in [5, 5.41) is 3.45. The number of amides is 1. The van der Waals surface area contributed by atoms with Gasteiger partial charge in [0.25, 0.3) is 0 Å². The summed E-state index contributed by atoms with van der Waals surface area (Å²) < 4.78 is 0. The summed E-state index contributed by atoms with van der Waals surface area (Å²) in [6.45, 7) is -0.0818. The molecular formula is C17H18N2O2S. The SMILES string of the molecule is NCC(=O)Nc1sc2c(c1C(=O)c1ccccc1)CCCC2. The first-order chi connectivity index (χ1) is 10.7. The van der Waals surface area contributed by atoms with Crippen LogP contribution >= 0.6 is 11.3 Å². The standard InChI is InChI=1S/C17H18N2O2S/c18-10-14(20)19-17-15(12-8-4-5-9-13(12)22-17)16(21)11-6-2-1-3-7-11/h1-3,6-7H,4-5,8-10,18H2,(H,19,20). The van der Waals surface area contributed by atoms with Gasteiger partial charge < -0.3 is 11.1 Å². The van der Waals surface area contributed by atoms with Gasteiger partial charge in [0.15, 0.2) is 5.78 Å². The summed E-state index contributed by atoms with van der Waals surface area (Å²) in [5.41, 5.74) is 7.81. The number of nitrogens with two attached hydrogens (primary N) is 1. The summed E-state index contributed by atoms with van der Waals surface area (Å²) in [5.74, 6) is -0.284. The van der Waals surface area contributed by atoms with Crippen LogP contribution in [-0.2, 0) is 17.6 Å². The van der Waals surface area contributed by atoms with Crippen molar-refractivity contribution < 1.29 is 9.59 Å². The Labute approximate surface area is 133 Å². The van der Waals surface area contributed by atoms with Gasteiger partial charge in [-0.05, 0) is 31.2 Å². The first kappa shape index (κ1) is 14.9. The molecule has 0 fully saturated rings. The van der Waals surface area contributed by atoms with Crippen molar-refractivity contribution >= 4 is 28.0 Å². The topological polar surface area (TPSA) is 72.2 Å². The molecule has 0 bridgehead atoms. The van der Waals surface area contributed by atoms with Crippen LogP contribution in [0.15, 0.2) is 30.3 Å². The van der Waals surface area contributed by atoms with E-state index in [4.69, 9.17) is 5.73 Å². The molecule has 1 aliphatic rings. The molecule has 3 rings (SSSR count). The van der Waals surface area contributed by atoms with E-state index in [-0.39, 0.29) is 18.2 Å². The predicted octanol–water partition coefficient (Wildman–Crippen LogP) is 2.76. The van der Waals surface area contributed by atoms with Gasteiger partial charge in [0.1, 0.15) is 5.00 Å². The fourth-order valence-electron chi connectivity index (χ4n) is 2.81. The first-order valence-electron chi connectivity index (χ1n) is 7.45. The van der Waals surface area contributed by atoms with Gasteiger partial charge in [0, 0.05) is 10.4 Å². The second-order valence-corrected chi connectivity index (χ2v) is 6.47. The molecule has 0 spiro atoms. The highest BCUT2D eigenvalue weighted by atomic mass is 32.1. The van der Waals surface area contributed by atoms with Crippen LogP contribution in [0.4, 0.5) is 5.00 Å². The number of benzene rings is 1. The lowest BCUT2D eigenvalue weighted by Gasteiger charge is -2.12. The van der Waals surface area contributed by atoms with Gasteiger partial charge in [-0.2, -0.15) is 0 Å². The number of aryl methyl sites for hydroxylation is 1. The van der Waals surface area contributed by atoms with Crippen molar-refractivity contribution in [1.29, 1.82) is 0 Å². The van der Waals surface area contributed by atoms with Crippen molar-refractivity contribution in [2.75, 3.05) is 11.9 Å². The third kappa shape index (κ3) is 2.82. The lowest BCUT2D eigenvalue weighted by atomic mass is 9.92. The number of hydrogen-bond acceptors (Lipinski definition) is 4. The quantitative estimate of drug-likeness (QED) is 0.852. The minimum atomic E-state index is -0.263. The van der Waals surface area contributed by atoms with E-state index in [1.807, 2.05) is 30.3 Å². The Morgan fingerprint density at radius 2 is 1.86 bits per heavy atom. The molecule has 114 valence electrons.